The number of benzene rings is 1. The van der Waals surface area contributed by atoms with E-state index in [1.165, 1.54) is 11.1 Å². The Bertz CT molecular complexity index is 430. The number of carbonyl (C=O) groups is 1. The van der Waals surface area contributed by atoms with Crippen LogP contribution in [0, 0.1) is 6.92 Å². The Labute approximate surface area is 107 Å². The standard InChI is InChI=1S/C14H17ClO2/c1-9-7-14(17-2)13(15)8-12(9)10-3-5-11(16)6-4-10/h7-8,10H,3-6H2,1-2H3. The van der Waals surface area contributed by atoms with Gasteiger partial charge in [0.25, 0.3) is 0 Å². The van der Waals surface area contributed by atoms with Crippen LogP contribution in [0.2, 0.25) is 5.02 Å². The topological polar surface area (TPSA) is 26.3 Å². The van der Waals surface area contributed by atoms with E-state index in [0.29, 0.717) is 29.6 Å². The molecule has 92 valence electrons. The van der Waals surface area contributed by atoms with Crippen LogP contribution >= 0.6 is 11.6 Å². The van der Waals surface area contributed by atoms with Crippen LogP contribution in [0.15, 0.2) is 12.1 Å². The number of halogens is 1. The Kier molecular flexibility index (Phi) is 3.72. The first-order valence-electron chi connectivity index (χ1n) is 5.97. The van der Waals surface area contributed by atoms with Crippen molar-refractivity contribution in [2.24, 2.45) is 0 Å². The van der Waals surface area contributed by atoms with E-state index in [1.54, 1.807) is 7.11 Å². The minimum Gasteiger partial charge on any atom is -0.495 e. The fourth-order valence-electron chi connectivity index (χ4n) is 2.52. The first-order valence-corrected chi connectivity index (χ1v) is 6.35. The van der Waals surface area contributed by atoms with E-state index < -0.39 is 0 Å². The molecule has 0 heterocycles. The summed E-state index contributed by atoms with van der Waals surface area (Å²) in [6, 6.07) is 3.98. The van der Waals surface area contributed by atoms with Gasteiger partial charge in [-0.1, -0.05) is 11.6 Å². The van der Waals surface area contributed by atoms with E-state index in [2.05, 4.69) is 6.92 Å². The van der Waals surface area contributed by atoms with Gasteiger partial charge in [-0.15, -0.1) is 0 Å². The zero-order valence-electron chi connectivity index (χ0n) is 10.3. The number of aryl methyl sites for hydroxylation is 1. The summed E-state index contributed by atoms with van der Waals surface area (Å²) in [6.45, 7) is 2.07. The van der Waals surface area contributed by atoms with E-state index in [0.717, 1.165) is 18.6 Å². The van der Waals surface area contributed by atoms with Crippen molar-refractivity contribution in [3.8, 4) is 5.75 Å². The molecule has 0 radical (unpaired) electrons. The first kappa shape index (κ1) is 12.4. The molecule has 1 aromatic rings. The van der Waals surface area contributed by atoms with E-state index in [4.69, 9.17) is 16.3 Å². The number of methoxy groups -OCH3 is 1. The molecular formula is C14H17ClO2. The van der Waals surface area contributed by atoms with Crippen LogP contribution in [-0.2, 0) is 4.79 Å². The first-order chi connectivity index (χ1) is 8.11. The molecule has 0 aromatic heterocycles. The third kappa shape index (κ3) is 2.63. The Morgan fingerprint density at radius 3 is 2.53 bits per heavy atom. The lowest BCUT2D eigenvalue weighted by atomic mass is 9.82. The van der Waals surface area contributed by atoms with Crippen LogP contribution in [0.25, 0.3) is 0 Å². The minimum absolute atomic E-state index is 0.388. The Balaban J connectivity index is 2.26. The van der Waals surface area contributed by atoms with Gasteiger partial charge in [0.05, 0.1) is 12.1 Å². The molecule has 0 spiro atoms. The van der Waals surface area contributed by atoms with Crippen molar-refractivity contribution < 1.29 is 9.53 Å². The average molecular weight is 253 g/mol. The van der Waals surface area contributed by atoms with Gasteiger partial charge in [0.1, 0.15) is 11.5 Å². The van der Waals surface area contributed by atoms with Crippen molar-refractivity contribution >= 4 is 17.4 Å². The van der Waals surface area contributed by atoms with Gasteiger partial charge in [0.2, 0.25) is 0 Å². The molecule has 0 atom stereocenters. The Morgan fingerprint density at radius 1 is 1.29 bits per heavy atom. The Morgan fingerprint density at radius 2 is 1.94 bits per heavy atom. The van der Waals surface area contributed by atoms with Gasteiger partial charge >= 0.3 is 0 Å². The quantitative estimate of drug-likeness (QED) is 0.798. The fraction of sp³-hybridized carbons (Fsp3) is 0.500. The van der Waals surface area contributed by atoms with Gasteiger partial charge in [-0.2, -0.15) is 0 Å². The van der Waals surface area contributed by atoms with Gasteiger partial charge in [-0.3, -0.25) is 4.79 Å². The smallest absolute Gasteiger partial charge is 0.137 e. The summed E-state index contributed by atoms with van der Waals surface area (Å²) in [5, 5.41) is 0.657. The summed E-state index contributed by atoms with van der Waals surface area (Å²) in [7, 11) is 1.62. The summed E-state index contributed by atoms with van der Waals surface area (Å²) in [4.78, 5) is 11.2. The highest BCUT2D eigenvalue weighted by molar-refractivity contribution is 6.32. The molecule has 0 saturated heterocycles. The summed E-state index contributed by atoms with van der Waals surface area (Å²) in [6.07, 6.45) is 3.30. The SMILES string of the molecule is COc1cc(C)c(C2CCC(=O)CC2)cc1Cl. The maximum atomic E-state index is 11.2. The number of ketones is 1. The van der Waals surface area contributed by atoms with Crippen LogP contribution in [-0.4, -0.2) is 12.9 Å². The molecule has 1 fully saturated rings. The summed E-state index contributed by atoms with van der Waals surface area (Å²) in [5.41, 5.74) is 2.47. The molecular weight excluding hydrogens is 236 g/mol. The minimum atomic E-state index is 0.388. The molecule has 0 bridgehead atoms. The summed E-state index contributed by atoms with van der Waals surface area (Å²) in [5.74, 6) is 1.58. The van der Waals surface area contributed by atoms with Crippen LogP contribution in [0.4, 0.5) is 0 Å². The fourth-order valence-corrected chi connectivity index (χ4v) is 2.77. The number of Topliss-reactive ketones (excluding diaryl/α,β-unsaturated/α-hetero) is 1. The molecule has 2 rings (SSSR count). The molecule has 0 N–H and O–H groups in total. The normalized spacial score (nSPS) is 17.2. The van der Waals surface area contributed by atoms with Crippen molar-refractivity contribution in [2.75, 3.05) is 7.11 Å². The highest BCUT2D eigenvalue weighted by atomic mass is 35.5. The van der Waals surface area contributed by atoms with Gasteiger partial charge in [0, 0.05) is 12.8 Å². The van der Waals surface area contributed by atoms with Crippen molar-refractivity contribution in [2.45, 2.75) is 38.5 Å². The van der Waals surface area contributed by atoms with Crippen LogP contribution in [0.5, 0.6) is 5.75 Å². The molecule has 0 aliphatic heterocycles. The Hall–Kier alpha value is -1.02. The zero-order valence-corrected chi connectivity index (χ0v) is 11.0. The molecule has 17 heavy (non-hydrogen) atoms. The zero-order chi connectivity index (χ0) is 12.4. The van der Waals surface area contributed by atoms with E-state index >= 15 is 0 Å². The maximum absolute atomic E-state index is 11.2. The predicted octanol–water partition coefficient (Wildman–Crippen LogP) is 3.88. The van der Waals surface area contributed by atoms with E-state index in [9.17, 15) is 4.79 Å². The highest BCUT2D eigenvalue weighted by Gasteiger charge is 2.22. The lowest BCUT2D eigenvalue weighted by Gasteiger charge is -2.23. The monoisotopic (exact) mass is 252 g/mol. The van der Waals surface area contributed by atoms with Gasteiger partial charge < -0.3 is 4.74 Å². The third-order valence-corrected chi connectivity index (χ3v) is 3.82. The molecule has 1 aliphatic rings. The molecule has 2 nitrogen and oxygen atoms in total. The van der Waals surface area contributed by atoms with Gasteiger partial charge in [-0.05, 0) is 48.9 Å². The summed E-state index contributed by atoms with van der Waals surface area (Å²) >= 11 is 6.16. The van der Waals surface area contributed by atoms with Gasteiger partial charge in [-0.25, -0.2) is 0 Å². The lowest BCUT2D eigenvalue weighted by molar-refractivity contribution is -0.120. The van der Waals surface area contributed by atoms with E-state index in [-0.39, 0.29) is 0 Å². The van der Waals surface area contributed by atoms with Gasteiger partial charge in [0.15, 0.2) is 0 Å². The van der Waals surface area contributed by atoms with E-state index in [1.807, 2.05) is 12.1 Å². The predicted molar refractivity (Wildman–Crippen MR) is 69.0 cm³/mol. The van der Waals surface area contributed by atoms with Crippen LogP contribution < -0.4 is 4.74 Å². The molecule has 3 heteroatoms. The second kappa shape index (κ2) is 5.09. The number of hydrogen-bond donors (Lipinski definition) is 0. The number of rotatable bonds is 2. The molecule has 1 aromatic carbocycles. The van der Waals surface area contributed by atoms with Crippen molar-refractivity contribution in [1.82, 2.24) is 0 Å². The van der Waals surface area contributed by atoms with Crippen molar-refractivity contribution in [3.05, 3.63) is 28.3 Å². The second-order valence-electron chi connectivity index (χ2n) is 4.66. The number of ether oxygens (including phenoxy) is 1. The average Bonchev–Trinajstić information content (AvgIpc) is 2.33. The maximum Gasteiger partial charge on any atom is 0.137 e. The third-order valence-electron chi connectivity index (χ3n) is 3.52. The number of carbonyl (C=O) groups excluding carboxylic acids is 1. The molecule has 1 aliphatic carbocycles. The summed E-state index contributed by atoms with van der Waals surface area (Å²) < 4.78 is 5.20. The molecule has 0 unspecified atom stereocenters. The number of hydrogen-bond acceptors (Lipinski definition) is 2. The largest absolute Gasteiger partial charge is 0.495 e. The molecule has 0 amide bonds. The lowest BCUT2D eigenvalue weighted by Crippen LogP contribution is -2.13. The highest BCUT2D eigenvalue weighted by Crippen LogP contribution is 2.37. The van der Waals surface area contributed by atoms with Crippen LogP contribution in [0.1, 0.15) is 42.7 Å². The second-order valence-corrected chi connectivity index (χ2v) is 5.06. The van der Waals surface area contributed by atoms with Crippen molar-refractivity contribution in [3.63, 3.8) is 0 Å². The molecule has 1 saturated carbocycles. The van der Waals surface area contributed by atoms with Crippen LogP contribution in [0.3, 0.4) is 0 Å². The van der Waals surface area contributed by atoms with Crippen molar-refractivity contribution in [1.29, 1.82) is 0 Å².